The van der Waals surface area contributed by atoms with Gasteiger partial charge in [-0.3, -0.25) is 4.79 Å². The number of rotatable bonds is 5. The molecule has 0 radical (unpaired) electrons. The van der Waals surface area contributed by atoms with Crippen molar-refractivity contribution in [3.63, 3.8) is 0 Å². The zero-order valence-corrected chi connectivity index (χ0v) is 12.1. The van der Waals surface area contributed by atoms with Gasteiger partial charge in [-0.2, -0.15) is 0 Å². The molecule has 0 bridgehead atoms. The SMILES string of the molecule is CC(C)CC(N)CNC(=O)c1cccc2ccccc12. The van der Waals surface area contributed by atoms with Crippen molar-refractivity contribution in [3.05, 3.63) is 48.0 Å². The molecule has 106 valence electrons. The Morgan fingerprint density at radius 2 is 1.85 bits per heavy atom. The first-order valence-electron chi connectivity index (χ1n) is 7.09. The van der Waals surface area contributed by atoms with Crippen LogP contribution in [0.4, 0.5) is 0 Å². The Bertz CT molecular complexity index is 587. The van der Waals surface area contributed by atoms with E-state index >= 15 is 0 Å². The fraction of sp³-hybridized carbons (Fsp3) is 0.353. The van der Waals surface area contributed by atoms with Crippen LogP contribution >= 0.6 is 0 Å². The third-order valence-electron chi connectivity index (χ3n) is 3.33. The van der Waals surface area contributed by atoms with E-state index in [0.717, 1.165) is 17.2 Å². The minimum absolute atomic E-state index is 0.00827. The van der Waals surface area contributed by atoms with Gasteiger partial charge in [0.1, 0.15) is 0 Å². The molecule has 0 aliphatic rings. The van der Waals surface area contributed by atoms with Crippen LogP contribution in [0, 0.1) is 5.92 Å². The van der Waals surface area contributed by atoms with E-state index in [9.17, 15) is 4.79 Å². The molecule has 0 spiro atoms. The maximum absolute atomic E-state index is 12.3. The van der Waals surface area contributed by atoms with Gasteiger partial charge >= 0.3 is 0 Å². The highest BCUT2D eigenvalue weighted by molar-refractivity contribution is 6.06. The number of hydrogen-bond acceptors (Lipinski definition) is 2. The number of fused-ring (bicyclic) bond motifs is 1. The molecule has 20 heavy (non-hydrogen) atoms. The fourth-order valence-electron chi connectivity index (χ4n) is 2.43. The first-order chi connectivity index (χ1) is 9.58. The van der Waals surface area contributed by atoms with Gasteiger partial charge in [0.2, 0.25) is 0 Å². The molecule has 2 aromatic carbocycles. The van der Waals surface area contributed by atoms with Crippen LogP contribution in [0.1, 0.15) is 30.6 Å². The van der Waals surface area contributed by atoms with Gasteiger partial charge in [-0.15, -0.1) is 0 Å². The van der Waals surface area contributed by atoms with Gasteiger partial charge in [0, 0.05) is 18.2 Å². The van der Waals surface area contributed by atoms with Crippen molar-refractivity contribution in [3.8, 4) is 0 Å². The number of carbonyl (C=O) groups is 1. The maximum Gasteiger partial charge on any atom is 0.251 e. The van der Waals surface area contributed by atoms with Crippen LogP contribution in [0.25, 0.3) is 10.8 Å². The number of amides is 1. The highest BCUT2D eigenvalue weighted by atomic mass is 16.1. The Balaban J connectivity index is 2.08. The van der Waals surface area contributed by atoms with Crippen molar-refractivity contribution in [2.45, 2.75) is 26.3 Å². The minimum atomic E-state index is -0.0546. The van der Waals surface area contributed by atoms with Crippen LogP contribution in [0.3, 0.4) is 0 Å². The van der Waals surface area contributed by atoms with E-state index < -0.39 is 0 Å². The van der Waals surface area contributed by atoms with Gasteiger partial charge in [-0.1, -0.05) is 50.2 Å². The summed E-state index contributed by atoms with van der Waals surface area (Å²) < 4.78 is 0. The van der Waals surface area contributed by atoms with Gasteiger partial charge in [-0.25, -0.2) is 0 Å². The normalized spacial score (nSPS) is 12.6. The van der Waals surface area contributed by atoms with E-state index in [4.69, 9.17) is 5.73 Å². The van der Waals surface area contributed by atoms with Crippen molar-refractivity contribution in [1.29, 1.82) is 0 Å². The number of nitrogens with two attached hydrogens (primary N) is 1. The Kier molecular flexibility index (Phi) is 4.74. The Morgan fingerprint density at radius 1 is 1.15 bits per heavy atom. The second-order valence-electron chi connectivity index (χ2n) is 5.63. The van der Waals surface area contributed by atoms with E-state index in [1.165, 1.54) is 0 Å². The summed E-state index contributed by atoms with van der Waals surface area (Å²) in [6.07, 6.45) is 0.913. The molecule has 3 nitrogen and oxygen atoms in total. The molecular weight excluding hydrogens is 248 g/mol. The highest BCUT2D eigenvalue weighted by Gasteiger charge is 2.11. The van der Waals surface area contributed by atoms with Crippen LogP contribution in [-0.2, 0) is 0 Å². The standard InChI is InChI=1S/C17H22N2O/c1-12(2)10-14(18)11-19-17(20)16-9-5-7-13-6-3-4-8-15(13)16/h3-9,12,14H,10-11,18H2,1-2H3,(H,19,20). The monoisotopic (exact) mass is 270 g/mol. The van der Waals surface area contributed by atoms with Crippen LogP contribution in [0.5, 0.6) is 0 Å². The predicted molar refractivity (Wildman–Crippen MR) is 83.7 cm³/mol. The molecule has 2 rings (SSSR count). The first-order valence-corrected chi connectivity index (χ1v) is 7.09. The van der Waals surface area contributed by atoms with Crippen LogP contribution in [0.2, 0.25) is 0 Å². The van der Waals surface area contributed by atoms with Gasteiger partial charge in [-0.05, 0) is 29.2 Å². The highest BCUT2D eigenvalue weighted by Crippen LogP contribution is 2.18. The van der Waals surface area contributed by atoms with Crippen LogP contribution in [0.15, 0.2) is 42.5 Å². The van der Waals surface area contributed by atoms with E-state index in [1.54, 1.807) is 0 Å². The van der Waals surface area contributed by atoms with E-state index in [1.807, 2.05) is 42.5 Å². The topological polar surface area (TPSA) is 55.1 Å². The number of benzene rings is 2. The lowest BCUT2D eigenvalue weighted by Gasteiger charge is -2.15. The van der Waals surface area contributed by atoms with Gasteiger partial charge < -0.3 is 11.1 Å². The van der Waals surface area contributed by atoms with Gasteiger partial charge in [0.25, 0.3) is 5.91 Å². The second-order valence-corrected chi connectivity index (χ2v) is 5.63. The third-order valence-corrected chi connectivity index (χ3v) is 3.33. The molecule has 0 fully saturated rings. The zero-order chi connectivity index (χ0) is 14.5. The number of carbonyl (C=O) groups excluding carboxylic acids is 1. The molecule has 1 amide bonds. The molecule has 0 aliphatic carbocycles. The van der Waals surface area contributed by atoms with Crippen molar-refractivity contribution >= 4 is 16.7 Å². The quantitative estimate of drug-likeness (QED) is 0.877. The van der Waals surface area contributed by atoms with Crippen molar-refractivity contribution in [1.82, 2.24) is 5.32 Å². The lowest BCUT2D eigenvalue weighted by molar-refractivity contribution is 0.0952. The van der Waals surface area contributed by atoms with Crippen LogP contribution < -0.4 is 11.1 Å². The summed E-state index contributed by atoms with van der Waals surface area (Å²) in [6, 6.07) is 13.7. The van der Waals surface area contributed by atoms with Crippen molar-refractivity contribution in [2.24, 2.45) is 11.7 Å². The molecule has 0 aliphatic heterocycles. The lowest BCUT2D eigenvalue weighted by atomic mass is 10.0. The predicted octanol–water partition coefficient (Wildman–Crippen LogP) is 2.94. The lowest BCUT2D eigenvalue weighted by Crippen LogP contribution is -2.38. The smallest absolute Gasteiger partial charge is 0.251 e. The van der Waals surface area contributed by atoms with E-state index in [2.05, 4.69) is 19.2 Å². The summed E-state index contributed by atoms with van der Waals surface area (Å²) in [5.74, 6) is 0.487. The van der Waals surface area contributed by atoms with Gasteiger partial charge in [0.15, 0.2) is 0 Å². The maximum atomic E-state index is 12.3. The molecule has 0 saturated carbocycles. The number of hydrogen-bond donors (Lipinski definition) is 2. The average molecular weight is 270 g/mol. The van der Waals surface area contributed by atoms with Gasteiger partial charge in [0.05, 0.1) is 0 Å². The largest absolute Gasteiger partial charge is 0.350 e. The van der Waals surface area contributed by atoms with Crippen molar-refractivity contribution in [2.75, 3.05) is 6.54 Å². The molecule has 0 heterocycles. The summed E-state index contributed by atoms with van der Waals surface area (Å²) >= 11 is 0. The van der Waals surface area contributed by atoms with E-state index in [0.29, 0.717) is 18.0 Å². The van der Waals surface area contributed by atoms with Crippen molar-refractivity contribution < 1.29 is 4.79 Å². The third kappa shape index (κ3) is 3.58. The average Bonchev–Trinajstić information content (AvgIpc) is 2.43. The summed E-state index contributed by atoms with van der Waals surface area (Å²) in [7, 11) is 0. The Morgan fingerprint density at radius 3 is 2.60 bits per heavy atom. The number of nitrogens with one attached hydrogen (secondary N) is 1. The molecule has 0 aromatic heterocycles. The fourth-order valence-corrected chi connectivity index (χ4v) is 2.43. The summed E-state index contributed by atoms with van der Waals surface area (Å²) in [5, 5.41) is 4.98. The zero-order valence-electron chi connectivity index (χ0n) is 12.1. The molecule has 1 atom stereocenters. The first kappa shape index (κ1) is 14.5. The summed E-state index contributed by atoms with van der Waals surface area (Å²) in [6.45, 7) is 4.78. The molecule has 3 N–H and O–H groups in total. The molecule has 3 heteroatoms. The summed E-state index contributed by atoms with van der Waals surface area (Å²) in [5.41, 5.74) is 6.71. The molecule has 0 saturated heterocycles. The van der Waals surface area contributed by atoms with Crippen LogP contribution in [-0.4, -0.2) is 18.5 Å². The molecule has 1 unspecified atom stereocenters. The van der Waals surface area contributed by atoms with E-state index in [-0.39, 0.29) is 11.9 Å². The second kappa shape index (κ2) is 6.53. The minimum Gasteiger partial charge on any atom is -0.350 e. The molecule has 2 aromatic rings. The Labute approximate surface area is 120 Å². The summed E-state index contributed by atoms with van der Waals surface area (Å²) in [4.78, 5) is 12.3. The molecular formula is C17H22N2O. The Hall–Kier alpha value is -1.87.